The van der Waals surface area contributed by atoms with E-state index in [9.17, 15) is 28.8 Å². The van der Waals surface area contributed by atoms with Gasteiger partial charge in [-0.1, -0.05) is 61.2 Å². The third kappa shape index (κ3) is 11.8. The fourth-order valence-electron chi connectivity index (χ4n) is 9.35. The number of ether oxygens (including phenoxy) is 4. The standard InChI is InChI=1S/C49H67N7O10Si/c1-30(63-3)42(52-48(61)65-5)46(59)54-28-10-12-40(54)44(57)50-34-18-14-32(15-19-34)38-26-27-39(56(38)36-22-24-37(25-23-36)67(7,8)9)33-16-20-35(21-17-33)51-45(58)41-13-11-29-55(41)47(60)43(31(2)64-4)53-49(62)66-6/h14-25,30-31,38-43H,10-13,26-29H2,1-9H3,(H,50,57)(H,51,58)(H,52,61)(H,53,62)/t30-,31-,38+,39+,40+,41+,42+,43+/m1/s1. The topological polar surface area (TPSA) is 197 Å². The number of nitrogens with one attached hydrogen (secondary N) is 4. The molecule has 0 aromatic heterocycles. The molecule has 3 fully saturated rings. The summed E-state index contributed by atoms with van der Waals surface area (Å²) >= 11 is 0. The van der Waals surface area contributed by atoms with Gasteiger partial charge in [0.2, 0.25) is 23.6 Å². The second kappa shape index (κ2) is 22.2. The van der Waals surface area contributed by atoms with Crippen molar-refractivity contribution in [2.75, 3.05) is 57.1 Å². The number of carbonyl (C=O) groups excluding carboxylic acids is 6. The maximum absolute atomic E-state index is 13.7. The molecule has 8 atom stereocenters. The highest BCUT2D eigenvalue weighted by molar-refractivity contribution is 6.88. The molecule has 6 rings (SSSR count). The Labute approximate surface area is 394 Å². The van der Waals surface area contributed by atoms with E-state index in [1.165, 1.54) is 43.4 Å². The van der Waals surface area contributed by atoms with E-state index < -0.39 is 68.5 Å². The summed E-state index contributed by atoms with van der Waals surface area (Å²) in [7, 11) is 3.78. The van der Waals surface area contributed by atoms with Crippen molar-refractivity contribution in [2.24, 2.45) is 0 Å². The lowest BCUT2D eigenvalue weighted by Gasteiger charge is -2.34. The van der Waals surface area contributed by atoms with E-state index in [2.05, 4.69) is 70.1 Å². The fraction of sp³-hybridized carbons (Fsp3) is 0.510. The Hall–Kier alpha value is -5.98. The predicted molar refractivity (Wildman–Crippen MR) is 258 cm³/mol. The van der Waals surface area contributed by atoms with Gasteiger partial charge in [0.25, 0.3) is 0 Å². The van der Waals surface area contributed by atoms with Crippen LogP contribution in [0.25, 0.3) is 0 Å². The number of alkyl carbamates (subject to hydrolysis) is 2. The highest BCUT2D eigenvalue weighted by Crippen LogP contribution is 2.47. The molecule has 0 unspecified atom stereocenters. The van der Waals surface area contributed by atoms with Crippen LogP contribution in [0.15, 0.2) is 72.8 Å². The van der Waals surface area contributed by atoms with Crippen LogP contribution < -0.4 is 31.4 Å². The van der Waals surface area contributed by atoms with Crippen LogP contribution in [0.1, 0.15) is 75.6 Å². The van der Waals surface area contributed by atoms with Gasteiger partial charge in [-0.05, 0) is 99.9 Å². The normalized spacial score (nSPS) is 21.2. The van der Waals surface area contributed by atoms with Crippen molar-refractivity contribution in [3.05, 3.63) is 83.9 Å². The second-order valence-electron chi connectivity index (χ2n) is 18.5. The summed E-state index contributed by atoms with van der Waals surface area (Å²) in [6, 6.07) is 21.2. The Balaban J connectivity index is 1.17. The zero-order valence-electron chi connectivity index (χ0n) is 40.1. The van der Waals surface area contributed by atoms with Gasteiger partial charge in [-0.2, -0.15) is 0 Å². The first-order chi connectivity index (χ1) is 32.0. The van der Waals surface area contributed by atoms with Crippen LogP contribution in [0.3, 0.4) is 0 Å². The average molecular weight is 942 g/mol. The van der Waals surface area contributed by atoms with Crippen LogP contribution in [0, 0.1) is 0 Å². The number of amides is 6. The van der Waals surface area contributed by atoms with Gasteiger partial charge >= 0.3 is 12.2 Å². The number of carbonyl (C=O) groups is 6. The summed E-state index contributed by atoms with van der Waals surface area (Å²) in [5.74, 6) is -1.44. The van der Waals surface area contributed by atoms with Crippen molar-refractivity contribution in [3.63, 3.8) is 0 Å². The van der Waals surface area contributed by atoms with Gasteiger partial charge in [0.1, 0.15) is 24.2 Å². The monoisotopic (exact) mass is 941 g/mol. The molecule has 0 aliphatic carbocycles. The molecule has 3 aliphatic heterocycles. The molecule has 0 radical (unpaired) electrons. The summed E-state index contributed by atoms with van der Waals surface area (Å²) in [6.07, 6.45) is 1.15. The molecule has 3 saturated heterocycles. The highest BCUT2D eigenvalue weighted by atomic mass is 28.3. The van der Waals surface area contributed by atoms with Crippen molar-refractivity contribution >= 4 is 66.1 Å². The number of likely N-dealkylation sites (tertiary alicyclic amines) is 2. The predicted octanol–water partition coefficient (Wildman–Crippen LogP) is 5.69. The van der Waals surface area contributed by atoms with Crippen LogP contribution in [-0.2, 0) is 38.1 Å². The van der Waals surface area contributed by atoms with Crippen molar-refractivity contribution in [1.82, 2.24) is 20.4 Å². The first-order valence-corrected chi connectivity index (χ1v) is 26.6. The fourth-order valence-corrected chi connectivity index (χ4v) is 10.5. The third-order valence-electron chi connectivity index (χ3n) is 13.4. The quantitative estimate of drug-likeness (QED) is 0.129. The van der Waals surface area contributed by atoms with Gasteiger partial charge in [-0.15, -0.1) is 0 Å². The van der Waals surface area contributed by atoms with Crippen molar-refractivity contribution < 1.29 is 47.7 Å². The Kier molecular flexibility index (Phi) is 16.7. The number of hydrogen-bond donors (Lipinski definition) is 4. The van der Waals surface area contributed by atoms with E-state index in [0.29, 0.717) is 50.1 Å². The van der Waals surface area contributed by atoms with Crippen molar-refractivity contribution in [1.29, 1.82) is 0 Å². The van der Waals surface area contributed by atoms with Gasteiger partial charge in [-0.3, -0.25) is 19.2 Å². The lowest BCUT2D eigenvalue weighted by atomic mass is 10.0. The van der Waals surface area contributed by atoms with Gasteiger partial charge in [0, 0.05) is 44.4 Å². The van der Waals surface area contributed by atoms with Gasteiger partial charge in [-0.25, -0.2) is 9.59 Å². The average Bonchev–Trinajstić information content (AvgIpc) is 4.13. The second-order valence-corrected chi connectivity index (χ2v) is 23.6. The number of benzene rings is 3. The van der Waals surface area contributed by atoms with Crippen LogP contribution >= 0.6 is 0 Å². The molecule has 18 heteroatoms. The SMILES string of the molecule is COC(=O)N[C@H](C(=O)N1CCC[C@H]1C(=O)Nc1ccc([C@@H]2CC[C@@H](c3ccc(NC(=O)[C@@H]4CCCN4C(=O)[C@@H](NC(=O)OC)[C@@H](C)OC)cc3)N2c2ccc([Si](C)(C)C)cc2)cc1)[C@@H](C)OC. The largest absolute Gasteiger partial charge is 0.453 e. The Morgan fingerprint density at radius 1 is 0.567 bits per heavy atom. The van der Waals surface area contributed by atoms with Crippen LogP contribution in [-0.4, -0.2) is 132 Å². The lowest BCUT2D eigenvalue weighted by Crippen LogP contribution is -2.56. The van der Waals surface area contributed by atoms with E-state index in [0.717, 1.165) is 29.7 Å². The Morgan fingerprint density at radius 3 is 1.30 bits per heavy atom. The summed E-state index contributed by atoms with van der Waals surface area (Å²) in [5.41, 5.74) is 4.47. The van der Waals surface area contributed by atoms with E-state index >= 15 is 0 Å². The molecule has 0 spiro atoms. The zero-order valence-corrected chi connectivity index (χ0v) is 41.1. The first kappa shape index (κ1) is 50.4. The van der Waals surface area contributed by atoms with Crippen molar-refractivity contribution in [3.8, 4) is 0 Å². The summed E-state index contributed by atoms with van der Waals surface area (Å²) in [6.45, 7) is 11.1. The number of rotatable bonds is 16. The molecule has 362 valence electrons. The molecule has 3 aromatic rings. The number of anilines is 3. The van der Waals surface area contributed by atoms with Crippen LogP contribution in [0.2, 0.25) is 19.6 Å². The molecule has 4 N–H and O–H groups in total. The molecule has 6 amide bonds. The molecule has 0 bridgehead atoms. The molecular weight excluding hydrogens is 875 g/mol. The number of methoxy groups -OCH3 is 4. The molecule has 3 heterocycles. The van der Waals surface area contributed by atoms with Crippen LogP contribution in [0.5, 0.6) is 0 Å². The van der Waals surface area contributed by atoms with E-state index in [4.69, 9.17) is 18.9 Å². The maximum Gasteiger partial charge on any atom is 0.407 e. The molecule has 3 aromatic carbocycles. The van der Waals surface area contributed by atoms with Gasteiger partial charge in [0.05, 0.1) is 46.6 Å². The Morgan fingerprint density at radius 2 is 0.955 bits per heavy atom. The Bertz CT molecular complexity index is 2090. The van der Waals surface area contributed by atoms with Crippen LogP contribution in [0.4, 0.5) is 26.7 Å². The van der Waals surface area contributed by atoms with E-state index in [1.54, 1.807) is 13.8 Å². The minimum absolute atomic E-state index is 0.0148. The first-order valence-electron chi connectivity index (χ1n) is 23.1. The maximum atomic E-state index is 13.7. The molecule has 17 nitrogen and oxygen atoms in total. The molecule has 0 saturated carbocycles. The van der Waals surface area contributed by atoms with E-state index in [1.807, 2.05) is 48.5 Å². The number of hydrogen-bond acceptors (Lipinski definition) is 11. The minimum atomic E-state index is -1.57. The van der Waals surface area contributed by atoms with Crippen molar-refractivity contribution in [2.45, 2.75) is 120 Å². The third-order valence-corrected chi connectivity index (χ3v) is 15.4. The highest BCUT2D eigenvalue weighted by Gasteiger charge is 2.42. The lowest BCUT2D eigenvalue weighted by molar-refractivity contribution is -0.141. The molecular formula is C49H67N7O10Si. The molecule has 3 aliphatic rings. The van der Waals surface area contributed by atoms with E-state index in [-0.39, 0.29) is 23.9 Å². The van der Waals surface area contributed by atoms with Gasteiger partial charge in [0.15, 0.2) is 0 Å². The number of nitrogens with zero attached hydrogens (tertiary/aromatic N) is 3. The summed E-state index contributed by atoms with van der Waals surface area (Å²) < 4.78 is 20.2. The summed E-state index contributed by atoms with van der Waals surface area (Å²) in [5, 5.41) is 12.5. The smallest absolute Gasteiger partial charge is 0.407 e. The van der Waals surface area contributed by atoms with Gasteiger partial charge < -0.3 is 54.9 Å². The minimum Gasteiger partial charge on any atom is -0.453 e. The summed E-state index contributed by atoms with van der Waals surface area (Å²) in [4.78, 5) is 84.4. The zero-order chi connectivity index (χ0) is 48.6. The molecule has 67 heavy (non-hydrogen) atoms.